The molecule has 0 amide bonds. The quantitative estimate of drug-likeness (QED) is 0.304. The van der Waals surface area contributed by atoms with E-state index >= 15 is 0 Å². The molecule has 168 valence electrons. The van der Waals surface area contributed by atoms with E-state index in [2.05, 4.69) is 13.5 Å². The first-order chi connectivity index (χ1) is 14.0. The summed E-state index contributed by atoms with van der Waals surface area (Å²) >= 11 is 0. The number of aliphatic hydroxyl groups is 1. The Hall–Kier alpha value is -1.70. The molecule has 2 saturated heterocycles. The second-order valence-corrected chi connectivity index (χ2v) is 9.22. The van der Waals surface area contributed by atoms with Gasteiger partial charge in [0.25, 0.3) is 0 Å². The van der Waals surface area contributed by atoms with E-state index in [9.17, 15) is 14.7 Å². The van der Waals surface area contributed by atoms with Gasteiger partial charge in [0.15, 0.2) is 5.79 Å². The normalized spacial score (nSPS) is 40.2. The van der Waals surface area contributed by atoms with Gasteiger partial charge in [0.2, 0.25) is 0 Å². The van der Waals surface area contributed by atoms with Crippen LogP contribution in [0.2, 0.25) is 0 Å². The molecule has 0 aromatic rings. The number of fused-ring (bicyclic) bond motifs is 3. The van der Waals surface area contributed by atoms with Gasteiger partial charge in [-0.25, -0.2) is 4.79 Å². The predicted octanol–water partition coefficient (Wildman–Crippen LogP) is 3.05. The van der Waals surface area contributed by atoms with Crippen LogP contribution in [0.25, 0.3) is 0 Å². The Balaban J connectivity index is 2.01. The molecule has 3 aliphatic heterocycles. The largest absolute Gasteiger partial charge is 0.461 e. The minimum absolute atomic E-state index is 0.252. The van der Waals surface area contributed by atoms with Crippen LogP contribution in [-0.2, 0) is 28.5 Å². The van der Waals surface area contributed by atoms with Gasteiger partial charge in [-0.2, -0.15) is 0 Å². The van der Waals surface area contributed by atoms with Crippen LogP contribution in [0.5, 0.6) is 0 Å². The number of esters is 2. The first kappa shape index (κ1) is 23.0. The van der Waals surface area contributed by atoms with Crippen molar-refractivity contribution in [2.45, 2.75) is 90.0 Å². The SMILES string of the molecule is C=C1C(=O)O[C@@H]2/C=C(\C)[C@@]3(O)CC(OCCCC)[C@@](C)(CC(OC(=O)C(C)C)[C@@H]12)O3. The van der Waals surface area contributed by atoms with E-state index in [1.807, 2.05) is 6.92 Å². The summed E-state index contributed by atoms with van der Waals surface area (Å²) in [4.78, 5) is 24.8. The van der Waals surface area contributed by atoms with E-state index in [1.165, 1.54) is 0 Å². The summed E-state index contributed by atoms with van der Waals surface area (Å²) in [5.41, 5.74) is -0.105. The average Bonchev–Trinajstić information content (AvgIpc) is 3.08. The fourth-order valence-electron chi connectivity index (χ4n) is 4.46. The summed E-state index contributed by atoms with van der Waals surface area (Å²) in [5, 5.41) is 11.3. The molecule has 7 heteroatoms. The fourth-order valence-corrected chi connectivity index (χ4v) is 4.46. The Morgan fingerprint density at radius 3 is 2.73 bits per heavy atom. The third-order valence-electron chi connectivity index (χ3n) is 6.40. The molecular weight excluding hydrogens is 388 g/mol. The van der Waals surface area contributed by atoms with Gasteiger partial charge in [-0.15, -0.1) is 0 Å². The summed E-state index contributed by atoms with van der Waals surface area (Å²) in [5.74, 6) is -3.29. The molecule has 3 rings (SSSR count). The van der Waals surface area contributed by atoms with Crippen LogP contribution < -0.4 is 0 Å². The summed E-state index contributed by atoms with van der Waals surface area (Å²) in [6, 6.07) is 0. The van der Waals surface area contributed by atoms with Crippen LogP contribution >= 0.6 is 0 Å². The highest BCUT2D eigenvalue weighted by Crippen LogP contribution is 2.49. The van der Waals surface area contributed by atoms with Crippen molar-refractivity contribution in [1.82, 2.24) is 0 Å². The first-order valence-corrected chi connectivity index (χ1v) is 10.8. The Kier molecular flexibility index (Phi) is 6.46. The van der Waals surface area contributed by atoms with E-state index in [4.69, 9.17) is 18.9 Å². The minimum atomic E-state index is -1.54. The van der Waals surface area contributed by atoms with Crippen LogP contribution in [0.1, 0.15) is 60.3 Å². The lowest BCUT2D eigenvalue weighted by atomic mass is 9.80. The molecule has 0 aliphatic carbocycles. The molecule has 0 saturated carbocycles. The molecule has 2 fully saturated rings. The van der Waals surface area contributed by atoms with Crippen molar-refractivity contribution in [1.29, 1.82) is 0 Å². The van der Waals surface area contributed by atoms with Crippen molar-refractivity contribution in [3.63, 3.8) is 0 Å². The molecule has 0 spiro atoms. The molecule has 3 heterocycles. The highest BCUT2D eigenvalue weighted by Gasteiger charge is 2.59. The molecule has 30 heavy (non-hydrogen) atoms. The zero-order chi connectivity index (χ0) is 22.3. The maximum absolute atomic E-state index is 12.5. The lowest BCUT2D eigenvalue weighted by Crippen LogP contribution is -2.46. The predicted molar refractivity (Wildman–Crippen MR) is 109 cm³/mol. The number of ether oxygens (including phenoxy) is 4. The van der Waals surface area contributed by atoms with E-state index < -0.39 is 35.5 Å². The van der Waals surface area contributed by atoms with Crippen LogP contribution in [0.3, 0.4) is 0 Å². The molecule has 7 nitrogen and oxygen atoms in total. The Morgan fingerprint density at radius 2 is 2.10 bits per heavy atom. The minimum Gasteiger partial charge on any atom is -0.461 e. The molecule has 2 bridgehead atoms. The molecular formula is C23H34O7. The van der Waals surface area contributed by atoms with E-state index in [1.54, 1.807) is 26.8 Å². The van der Waals surface area contributed by atoms with Gasteiger partial charge in [0.05, 0.1) is 23.5 Å². The highest BCUT2D eigenvalue weighted by atomic mass is 16.7. The summed E-state index contributed by atoms with van der Waals surface area (Å²) in [7, 11) is 0. The number of hydrogen-bond donors (Lipinski definition) is 1. The van der Waals surface area contributed by atoms with Gasteiger partial charge in [-0.05, 0) is 31.9 Å². The molecule has 0 radical (unpaired) electrons. The molecule has 1 N–H and O–H groups in total. The summed E-state index contributed by atoms with van der Waals surface area (Å²) in [6.07, 6.45) is 2.33. The Labute approximate surface area is 178 Å². The first-order valence-electron chi connectivity index (χ1n) is 10.8. The number of unbranched alkanes of at least 4 members (excludes halogenated alkanes) is 1. The molecule has 0 aromatic heterocycles. The summed E-state index contributed by atoms with van der Waals surface area (Å²) in [6.45, 7) is 13.7. The standard InChI is InChI=1S/C23H34O7/c1-7-8-9-27-18-12-23(26)14(4)10-16-19(15(5)21(25)28-16)17(11-22(18,6)30-23)29-20(24)13(2)3/h10,13,16-19,26H,5,7-9,11-12H2,1-4,6H3/b14-10+/t16-,17?,18?,19+,22-,23-/m1/s1. The maximum atomic E-state index is 12.5. The van der Waals surface area contributed by atoms with E-state index in [-0.39, 0.29) is 36.4 Å². The van der Waals surface area contributed by atoms with Gasteiger partial charge >= 0.3 is 11.9 Å². The van der Waals surface area contributed by atoms with Crippen LogP contribution in [0.4, 0.5) is 0 Å². The van der Waals surface area contributed by atoms with Crippen molar-refractivity contribution in [2.75, 3.05) is 6.61 Å². The van der Waals surface area contributed by atoms with Crippen molar-refractivity contribution >= 4 is 11.9 Å². The van der Waals surface area contributed by atoms with Gasteiger partial charge in [-0.3, -0.25) is 4.79 Å². The monoisotopic (exact) mass is 422 g/mol. The fraction of sp³-hybridized carbons (Fsp3) is 0.739. The third-order valence-corrected chi connectivity index (χ3v) is 6.40. The highest BCUT2D eigenvalue weighted by molar-refractivity contribution is 5.91. The van der Waals surface area contributed by atoms with Gasteiger partial charge in [0, 0.05) is 25.0 Å². The zero-order valence-electron chi connectivity index (χ0n) is 18.6. The van der Waals surface area contributed by atoms with Crippen LogP contribution in [-0.4, -0.2) is 53.4 Å². The number of carbonyl (C=O) groups is 2. The Morgan fingerprint density at radius 1 is 1.40 bits per heavy atom. The van der Waals surface area contributed by atoms with Crippen LogP contribution in [0, 0.1) is 11.8 Å². The second-order valence-electron chi connectivity index (χ2n) is 9.22. The third kappa shape index (κ3) is 4.20. The van der Waals surface area contributed by atoms with Gasteiger partial charge < -0.3 is 24.1 Å². The number of carbonyl (C=O) groups excluding carboxylic acids is 2. The average molecular weight is 423 g/mol. The number of rotatable bonds is 6. The Bertz CT molecular complexity index is 742. The van der Waals surface area contributed by atoms with E-state index in [0.29, 0.717) is 12.2 Å². The second kappa shape index (κ2) is 8.44. The molecule has 0 aromatic carbocycles. The van der Waals surface area contributed by atoms with Crippen LogP contribution in [0.15, 0.2) is 23.8 Å². The van der Waals surface area contributed by atoms with Crippen molar-refractivity contribution in [2.24, 2.45) is 11.8 Å². The smallest absolute Gasteiger partial charge is 0.334 e. The van der Waals surface area contributed by atoms with Gasteiger partial charge in [0.1, 0.15) is 12.2 Å². The van der Waals surface area contributed by atoms with Gasteiger partial charge in [-0.1, -0.05) is 33.8 Å². The summed E-state index contributed by atoms with van der Waals surface area (Å²) < 4.78 is 23.7. The van der Waals surface area contributed by atoms with E-state index in [0.717, 1.165) is 12.8 Å². The zero-order valence-corrected chi connectivity index (χ0v) is 18.6. The molecule has 3 aliphatic rings. The molecule has 2 unspecified atom stereocenters. The van der Waals surface area contributed by atoms with Crippen molar-refractivity contribution < 1.29 is 33.6 Å². The molecule has 6 atom stereocenters. The number of hydrogen-bond acceptors (Lipinski definition) is 7. The van der Waals surface area contributed by atoms with Crippen molar-refractivity contribution in [3.8, 4) is 0 Å². The van der Waals surface area contributed by atoms with Crippen molar-refractivity contribution in [3.05, 3.63) is 23.8 Å². The lowest BCUT2D eigenvalue weighted by Gasteiger charge is -2.36. The maximum Gasteiger partial charge on any atom is 0.334 e. The lowest BCUT2D eigenvalue weighted by molar-refractivity contribution is -0.211. The topological polar surface area (TPSA) is 91.3 Å².